The number of hydrogen-bond acceptors (Lipinski definition) is 1. The van der Waals surface area contributed by atoms with Crippen LogP contribution < -0.4 is 5.32 Å². The van der Waals surface area contributed by atoms with Crippen molar-refractivity contribution in [2.45, 2.75) is 39.7 Å². The molecule has 1 rings (SSSR count). The highest BCUT2D eigenvalue weighted by atomic mass is 19.3. The standard InChI is InChI=1S/C14H21F2N/c1-4-17-10-12-6-5-7-13(8-12)14(15,16)9-11(2)3/h5-8,11,17H,4,9-10H2,1-3H3. The summed E-state index contributed by atoms with van der Waals surface area (Å²) in [4.78, 5) is 0. The third-order valence-corrected chi connectivity index (χ3v) is 2.59. The van der Waals surface area contributed by atoms with Crippen LogP contribution in [0.25, 0.3) is 0 Å². The molecule has 1 aromatic rings. The normalized spacial score (nSPS) is 12.1. The van der Waals surface area contributed by atoms with Crippen LogP contribution in [0.2, 0.25) is 0 Å². The summed E-state index contributed by atoms with van der Waals surface area (Å²) < 4.78 is 27.8. The summed E-state index contributed by atoms with van der Waals surface area (Å²) >= 11 is 0. The van der Waals surface area contributed by atoms with Gasteiger partial charge in [-0.25, -0.2) is 8.78 Å². The van der Waals surface area contributed by atoms with Gasteiger partial charge in [-0.1, -0.05) is 39.0 Å². The molecule has 0 spiro atoms. The van der Waals surface area contributed by atoms with Crippen LogP contribution >= 0.6 is 0 Å². The lowest BCUT2D eigenvalue weighted by Crippen LogP contribution is -2.17. The molecule has 0 amide bonds. The molecule has 0 unspecified atom stereocenters. The second-order valence-corrected chi connectivity index (χ2v) is 4.78. The van der Waals surface area contributed by atoms with Gasteiger partial charge >= 0.3 is 0 Å². The van der Waals surface area contributed by atoms with E-state index in [-0.39, 0.29) is 17.9 Å². The topological polar surface area (TPSA) is 12.0 Å². The lowest BCUT2D eigenvalue weighted by Gasteiger charge is -2.19. The first kappa shape index (κ1) is 14.1. The Kier molecular flexibility index (Phi) is 5.06. The van der Waals surface area contributed by atoms with E-state index in [1.54, 1.807) is 12.1 Å². The Hall–Kier alpha value is -0.960. The Morgan fingerprint density at radius 1 is 1.29 bits per heavy atom. The van der Waals surface area contributed by atoms with E-state index in [0.717, 1.165) is 12.1 Å². The van der Waals surface area contributed by atoms with Gasteiger partial charge in [0.25, 0.3) is 5.92 Å². The third-order valence-electron chi connectivity index (χ3n) is 2.59. The monoisotopic (exact) mass is 241 g/mol. The van der Waals surface area contributed by atoms with Crippen molar-refractivity contribution in [1.29, 1.82) is 0 Å². The summed E-state index contributed by atoms with van der Waals surface area (Å²) in [5.74, 6) is -2.74. The quantitative estimate of drug-likeness (QED) is 0.795. The van der Waals surface area contributed by atoms with E-state index < -0.39 is 5.92 Å². The Bertz CT molecular complexity index is 348. The highest BCUT2D eigenvalue weighted by Crippen LogP contribution is 2.34. The summed E-state index contributed by atoms with van der Waals surface area (Å²) in [5, 5.41) is 3.14. The van der Waals surface area contributed by atoms with Crippen LogP contribution in [0.4, 0.5) is 8.78 Å². The highest BCUT2D eigenvalue weighted by molar-refractivity contribution is 5.26. The smallest absolute Gasteiger partial charge is 0.273 e. The molecule has 0 saturated carbocycles. The maximum atomic E-state index is 13.9. The molecule has 0 heterocycles. The van der Waals surface area contributed by atoms with E-state index in [4.69, 9.17) is 0 Å². The van der Waals surface area contributed by atoms with Crippen LogP contribution in [0.5, 0.6) is 0 Å². The molecule has 1 aromatic carbocycles. The van der Waals surface area contributed by atoms with Gasteiger partial charge in [-0.15, -0.1) is 0 Å². The molecule has 3 heteroatoms. The number of alkyl halides is 2. The minimum atomic E-state index is -2.73. The minimum Gasteiger partial charge on any atom is -0.313 e. The van der Waals surface area contributed by atoms with E-state index in [1.165, 1.54) is 6.07 Å². The number of benzene rings is 1. The van der Waals surface area contributed by atoms with E-state index in [0.29, 0.717) is 6.54 Å². The molecular formula is C14H21F2N. The van der Waals surface area contributed by atoms with Crippen molar-refractivity contribution in [2.75, 3.05) is 6.54 Å². The van der Waals surface area contributed by atoms with Gasteiger partial charge in [0, 0.05) is 18.5 Å². The maximum absolute atomic E-state index is 13.9. The van der Waals surface area contributed by atoms with Crippen LogP contribution in [0, 0.1) is 5.92 Å². The van der Waals surface area contributed by atoms with Gasteiger partial charge in [-0.3, -0.25) is 0 Å². The molecule has 0 aliphatic rings. The lowest BCUT2D eigenvalue weighted by molar-refractivity contribution is -0.0250. The number of hydrogen-bond donors (Lipinski definition) is 1. The average Bonchev–Trinajstić information content (AvgIpc) is 2.25. The van der Waals surface area contributed by atoms with Gasteiger partial charge in [0.05, 0.1) is 0 Å². The Morgan fingerprint density at radius 2 is 2.00 bits per heavy atom. The van der Waals surface area contributed by atoms with Crippen molar-refractivity contribution in [3.63, 3.8) is 0 Å². The van der Waals surface area contributed by atoms with Crippen molar-refractivity contribution in [3.8, 4) is 0 Å². The largest absolute Gasteiger partial charge is 0.313 e. The molecule has 0 aliphatic heterocycles. The summed E-state index contributed by atoms with van der Waals surface area (Å²) in [6.45, 7) is 7.11. The van der Waals surface area contributed by atoms with Crippen LogP contribution in [0.15, 0.2) is 24.3 Å². The molecule has 0 atom stereocenters. The minimum absolute atomic E-state index is 0.0116. The molecule has 0 saturated heterocycles. The third kappa shape index (κ3) is 4.43. The van der Waals surface area contributed by atoms with E-state index in [9.17, 15) is 8.78 Å². The number of rotatable bonds is 6. The molecule has 0 aromatic heterocycles. The van der Waals surface area contributed by atoms with E-state index in [1.807, 2.05) is 26.8 Å². The van der Waals surface area contributed by atoms with Crippen molar-refractivity contribution in [1.82, 2.24) is 5.32 Å². The van der Waals surface area contributed by atoms with Gasteiger partial charge in [0.2, 0.25) is 0 Å². The van der Waals surface area contributed by atoms with Gasteiger partial charge in [0.15, 0.2) is 0 Å². The fourth-order valence-electron chi connectivity index (χ4n) is 1.81. The summed E-state index contributed by atoms with van der Waals surface area (Å²) in [6, 6.07) is 6.69. The van der Waals surface area contributed by atoms with Crippen molar-refractivity contribution < 1.29 is 8.78 Å². The Balaban J connectivity index is 2.82. The van der Waals surface area contributed by atoms with Crippen molar-refractivity contribution >= 4 is 0 Å². The molecule has 1 nitrogen and oxygen atoms in total. The molecular weight excluding hydrogens is 220 g/mol. The predicted octanol–water partition coefficient (Wildman–Crippen LogP) is 3.93. The Morgan fingerprint density at radius 3 is 2.59 bits per heavy atom. The van der Waals surface area contributed by atoms with Gasteiger partial charge in [-0.2, -0.15) is 0 Å². The lowest BCUT2D eigenvalue weighted by atomic mass is 9.97. The fraction of sp³-hybridized carbons (Fsp3) is 0.571. The van der Waals surface area contributed by atoms with Crippen molar-refractivity contribution in [3.05, 3.63) is 35.4 Å². The molecule has 0 fully saturated rings. The summed E-state index contributed by atoms with van der Waals surface area (Å²) in [7, 11) is 0. The van der Waals surface area contributed by atoms with Crippen LogP contribution in [-0.4, -0.2) is 6.54 Å². The maximum Gasteiger partial charge on any atom is 0.273 e. The number of nitrogens with one attached hydrogen (secondary N) is 1. The first-order valence-electron chi connectivity index (χ1n) is 6.13. The van der Waals surface area contributed by atoms with Crippen LogP contribution in [-0.2, 0) is 12.5 Å². The zero-order valence-corrected chi connectivity index (χ0v) is 10.8. The van der Waals surface area contributed by atoms with Crippen LogP contribution in [0.3, 0.4) is 0 Å². The first-order chi connectivity index (χ1) is 7.95. The zero-order valence-electron chi connectivity index (χ0n) is 10.8. The van der Waals surface area contributed by atoms with E-state index >= 15 is 0 Å². The fourth-order valence-corrected chi connectivity index (χ4v) is 1.81. The van der Waals surface area contributed by atoms with Crippen LogP contribution in [0.1, 0.15) is 38.3 Å². The number of halogens is 2. The van der Waals surface area contributed by atoms with Crippen molar-refractivity contribution in [2.24, 2.45) is 5.92 Å². The molecule has 17 heavy (non-hydrogen) atoms. The predicted molar refractivity (Wildman–Crippen MR) is 67.2 cm³/mol. The molecule has 1 N–H and O–H groups in total. The average molecular weight is 241 g/mol. The highest BCUT2D eigenvalue weighted by Gasteiger charge is 2.32. The van der Waals surface area contributed by atoms with Gasteiger partial charge in [0.1, 0.15) is 0 Å². The molecule has 96 valence electrons. The van der Waals surface area contributed by atoms with E-state index in [2.05, 4.69) is 5.32 Å². The summed E-state index contributed by atoms with van der Waals surface area (Å²) in [6.07, 6.45) is -0.0995. The second kappa shape index (κ2) is 6.10. The first-order valence-corrected chi connectivity index (χ1v) is 6.13. The van der Waals surface area contributed by atoms with Gasteiger partial charge in [-0.05, 0) is 24.1 Å². The Labute approximate surface area is 102 Å². The zero-order chi connectivity index (χ0) is 12.9. The summed E-state index contributed by atoms with van der Waals surface area (Å²) in [5.41, 5.74) is 1.04. The SMILES string of the molecule is CCNCc1cccc(C(F)(F)CC(C)C)c1. The molecule has 0 aliphatic carbocycles. The second-order valence-electron chi connectivity index (χ2n) is 4.78. The van der Waals surface area contributed by atoms with Gasteiger partial charge < -0.3 is 5.32 Å². The molecule has 0 radical (unpaired) electrons. The molecule has 0 bridgehead atoms.